The van der Waals surface area contributed by atoms with Crippen LogP contribution in [0.5, 0.6) is 0 Å². The van der Waals surface area contributed by atoms with E-state index in [1.54, 1.807) is 0 Å². The van der Waals surface area contributed by atoms with Gasteiger partial charge in [-0.2, -0.15) is 0 Å². The highest BCUT2D eigenvalue weighted by Gasteiger charge is 2.34. The van der Waals surface area contributed by atoms with Crippen LogP contribution < -0.4 is 5.32 Å². The minimum absolute atomic E-state index is 0.512. The van der Waals surface area contributed by atoms with Gasteiger partial charge >= 0.3 is 0 Å². The molecule has 2 saturated heterocycles. The molecule has 0 aromatic carbocycles. The van der Waals surface area contributed by atoms with E-state index in [9.17, 15) is 0 Å². The summed E-state index contributed by atoms with van der Waals surface area (Å²) >= 11 is 0. The van der Waals surface area contributed by atoms with Crippen molar-refractivity contribution in [2.75, 3.05) is 32.8 Å². The van der Waals surface area contributed by atoms with Crippen molar-refractivity contribution in [3.8, 4) is 0 Å². The zero-order valence-corrected chi connectivity index (χ0v) is 8.22. The Balaban J connectivity index is 1.91. The molecule has 3 unspecified atom stereocenters. The number of nitrogens with zero attached hydrogens (tertiary/aromatic N) is 3. The summed E-state index contributed by atoms with van der Waals surface area (Å²) in [6, 6.07) is 0. The molecular weight excluding hydrogens is 180 g/mol. The highest BCUT2D eigenvalue weighted by atomic mass is 16.5. The van der Waals surface area contributed by atoms with Gasteiger partial charge in [-0.25, -0.2) is 0 Å². The van der Waals surface area contributed by atoms with Crippen molar-refractivity contribution in [2.24, 2.45) is 22.9 Å². The first-order valence-electron chi connectivity index (χ1n) is 5.21. The van der Waals surface area contributed by atoms with Crippen LogP contribution in [0, 0.1) is 17.8 Å². The molecule has 0 spiro atoms. The Labute approximate surface area is 83.4 Å². The first-order valence-corrected chi connectivity index (χ1v) is 5.21. The van der Waals surface area contributed by atoms with Gasteiger partial charge in [-0.1, -0.05) is 5.11 Å². The normalized spacial score (nSPS) is 37.0. The Bertz CT molecular complexity index is 233. The number of hydrogen-bond acceptors (Lipinski definition) is 3. The monoisotopic (exact) mass is 196 g/mol. The molecule has 0 saturated carbocycles. The molecule has 2 rings (SSSR count). The first-order chi connectivity index (χ1) is 6.92. The molecule has 0 bridgehead atoms. The van der Waals surface area contributed by atoms with Crippen molar-refractivity contribution < 1.29 is 4.74 Å². The maximum atomic E-state index is 8.29. The van der Waals surface area contributed by atoms with Crippen LogP contribution in [0.3, 0.4) is 0 Å². The van der Waals surface area contributed by atoms with Gasteiger partial charge in [0.05, 0.1) is 0 Å². The van der Waals surface area contributed by atoms with Crippen LogP contribution in [0.1, 0.15) is 6.42 Å². The van der Waals surface area contributed by atoms with E-state index in [2.05, 4.69) is 15.3 Å². The summed E-state index contributed by atoms with van der Waals surface area (Å²) in [5, 5.41) is 7.04. The minimum Gasteiger partial charge on any atom is -0.381 e. The second-order valence-corrected chi connectivity index (χ2v) is 4.12. The molecule has 0 aromatic rings. The van der Waals surface area contributed by atoms with E-state index in [1.807, 2.05) is 0 Å². The lowest BCUT2D eigenvalue weighted by molar-refractivity contribution is 0.166. The Morgan fingerprint density at radius 1 is 1.50 bits per heavy atom. The standard InChI is InChI=1S/C9H16N4O/c10-13-12-4-8-3-11-5-9(8)7-1-2-14-6-7/h7-9,11H,1-6H2. The SMILES string of the molecule is [N-]=[N+]=NCC1CNCC1C1CCOC1. The van der Waals surface area contributed by atoms with Gasteiger partial charge in [0.1, 0.15) is 0 Å². The Hall–Kier alpha value is -0.770. The zero-order valence-electron chi connectivity index (χ0n) is 8.22. The molecule has 5 heteroatoms. The van der Waals surface area contributed by atoms with Crippen molar-refractivity contribution in [1.29, 1.82) is 0 Å². The first kappa shape index (κ1) is 9.77. The molecule has 2 aliphatic heterocycles. The van der Waals surface area contributed by atoms with Crippen molar-refractivity contribution in [1.82, 2.24) is 5.32 Å². The van der Waals surface area contributed by atoms with Gasteiger partial charge in [-0.05, 0) is 42.8 Å². The van der Waals surface area contributed by atoms with Crippen LogP contribution in [0.15, 0.2) is 5.11 Å². The van der Waals surface area contributed by atoms with Crippen molar-refractivity contribution in [2.45, 2.75) is 6.42 Å². The molecule has 0 radical (unpaired) electrons. The van der Waals surface area contributed by atoms with Gasteiger partial charge in [-0.15, -0.1) is 0 Å². The fourth-order valence-electron chi connectivity index (χ4n) is 2.54. The molecule has 0 aromatic heterocycles. The van der Waals surface area contributed by atoms with Gasteiger partial charge in [-0.3, -0.25) is 0 Å². The van der Waals surface area contributed by atoms with E-state index >= 15 is 0 Å². The summed E-state index contributed by atoms with van der Waals surface area (Å²) in [6.45, 7) is 4.46. The fraction of sp³-hybridized carbons (Fsp3) is 1.00. The van der Waals surface area contributed by atoms with Crippen LogP contribution in [0.4, 0.5) is 0 Å². The third-order valence-electron chi connectivity index (χ3n) is 3.34. The number of hydrogen-bond donors (Lipinski definition) is 1. The van der Waals surface area contributed by atoms with Crippen LogP contribution in [-0.4, -0.2) is 32.8 Å². The summed E-state index contributed by atoms with van der Waals surface area (Å²) in [5.41, 5.74) is 8.29. The summed E-state index contributed by atoms with van der Waals surface area (Å²) in [4.78, 5) is 2.83. The Kier molecular flexibility index (Phi) is 3.24. The van der Waals surface area contributed by atoms with Gasteiger partial charge in [0.15, 0.2) is 0 Å². The molecule has 3 atom stereocenters. The fourth-order valence-corrected chi connectivity index (χ4v) is 2.54. The average molecular weight is 196 g/mol. The van der Waals surface area contributed by atoms with E-state index in [0.717, 1.165) is 26.3 Å². The molecule has 2 aliphatic rings. The summed E-state index contributed by atoms with van der Waals surface area (Å²) in [6.07, 6.45) is 1.17. The Morgan fingerprint density at radius 2 is 2.43 bits per heavy atom. The largest absolute Gasteiger partial charge is 0.381 e. The maximum Gasteiger partial charge on any atom is 0.0498 e. The lowest BCUT2D eigenvalue weighted by atomic mass is 9.83. The summed E-state index contributed by atoms with van der Waals surface area (Å²) in [5.74, 6) is 1.82. The highest BCUT2D eigenvalue weighted by Crippen LogP contribution is 2.30. The van der Waals surface area contributed by atoms with Gasteiger partial charge in [0.2, 0.25) is 0 Å². The molecule has 5 nitrogen and oxygen atoms in total. The van der Waals surface area contributed by atoms with E-state index in [4.69, 9.17) is 10.3 Å². The molecule has 0 amide bonds. The third kappa shape index (κ3) is 2.00. The van der Waals surface area contributed by atoms with Crippen LogP contribution in [0.25, 0.3) is 10.4 Å². The van der Waals surface area contributed by atoms with E-state index < -0.39 is 0 Å². The minimum atomic E-state index is 0.512. The van der Waals surface area contributed by atoms with Crippen LogP contribution >= 0.6 is 0 Å². The van der Waals surface area contributed by atoms with Crippen LogP contribution in [0.2, 0.25) is 0 Å². The molecule has 2 fully saturated rings. The third-order valence-corrected chi connectivity index (χ3v) is 3.34. The molecule has 0 aliphatic carbocycles. The van der Waals surface area contributed by atoms with Crippen molar-refractivity contribution >= 4 is 0 Å². The number of nitrogens with one attached hydrogen (secondary N) is 1. The van der Waals surface area contributed by atoms with E-state index in [0.29, 0.717) is 24.3 Å². The molecule has 14 heavy (non-hydrogen) atoms. The van der Waals surface area contributed by atoms with Gasteiger partial charge in [0, 0.05) is 24.7 Å². The predicted molar refractivity (Wildman–Crippen MR) is 52.8 cm³/mol. The van der Waals surface area contributed by atoms with Crippen molar-refractivity contribution in [3.05, 3.63) is 10.4 Å². The predicted octanol–water partition coefficient (Wildman–Crippen LogP) is 1.17. The average Bonchev–Trinajstić information content (AvgIpc) is 2.84. The van der Waals surface area contributed by atoms with E-state index in [-0.39, 0.29) is 0 Å². The van der Waals surface area contributed by atoms with Crippen LogP contribution in [-0.2, 0) is 4.74 Å². The number of azide groups is 1. The number of ether oxygens (including phenoxy) is 1. The molecule has 1 N–H and O–H groups in total. The van der Waals surface area contributed by atoms with E-state index in [1.165, 1.54) is 6.42 Å². The molecule has 2 heterocycles. The Morgan fingerprint density at radius 3 is 3.14 bits per heavy atom. The van der Waals surface area contributed by atoms with Crippen molar-refractivity contribution in [3.63, 3.8) is 0 Å². The smallest absolute Gasteiger partial charge is 0.0498 e. The summed E-state index contributed by atoms with van der Waals surface area (Å²) < 4.78 is 5.39. The lowest BCUT2D eigenvalue weighted by Crippen LogP contribution is -2.24. The highest BCUT2D eigenvalue weighted by molar-refractivity contribution is 4.88. The zero-order chi connectivity index (χ0) is 9.80. The second-order valence-electron chi connectivity index (χ2n) is 4.12. The quantitative estimate of drug-likeness (QED) is 0.418. The summed E-state index contributed by atoms with van der Waals surface area (Å²) in [7, 11) is 0. The second kappa shape index (κ2) is 4.64. The van der Waals surface area contributed by atoms with Gasteiger partial charge in [0.25, 0.3) is 0 Å². The molecule has 78 valence electrons. The lowest BCUT2D eigenvalue weighted by Gasteiger charge is -2.21. The number of rotatable bonds is 3. The maximum absolute atomic E-state index is 8.29. The topological polar surface area (TPSA) is 70.0 Å². The van der Waals surface area contributed by atoms with Gasteiger partial charge < -0.3 is 10.1 Å². The molecular formula is C9H16N4O.